The molecule has 7 heteroatoms. The molecule has 3 rings (SSSR count). The Kier molecular flexibility index (Phi) is 5.96. The maximum absolute atomic E-state index is 13.6. The Balaban J connectivity index is 1.68. The van der Waals surface area contributed by atoms with Crippen molar-refractivity contribution >= 4 is 17.5 Å². The fourth-order valence-corrected chi connectivity index (χ4v) is 2.49. The second kappa shape index (κ2) is 8.77. The van der Waals surface area contributed by atoms with Gasteiger partial charge in [0.05, 0.1) is 7.11 Å². The molecule has 0 aliphatic carbocycles. The van der Waals surface area contributed by atoms with E-state index in [0.717, 1.165) is 0 Å². The Hall–Kier alpha value is -3.74. The van der Waals surface area contributed by atoms with Gasteiger partial charge < -0.3 is 15.4 Å². The van der Waals surface area contributed by atoms with Crippen molar-refractivity contribution in [1.29, 1.82) is 0 Å². The van der Waals surface area contributed by atoms with Crippen molar-refractivity contribution in [2.45, 2.75) is 6.54 Å². The van der Waals surface area contributed by atoms with E-state index in [1.807, 2.05) is 0 Å². The second-order valence-electron chi connectivity index (χ2n) is 5.87. The van der Waals surface area contributed by atoms with Crippen molar-refractivity contribution in [1.82, 2.24) is 10.3 Å². The highest BCUT2D eigenvalue weighted by Crippen LogP contribution is 2.17. The first-order chi connectivity index (χ1) is 13.6. The SMILES string of the molecule is COc1cccc(NC(=O)c2cccc(C(=O)NCc3ccccc3F)n2)c1. The molecule has 2 aromatic carbocycles. The largest absolute Gasteiger partial charge is 0.497 e. The molecule has 0 bridgehead atoms. The van der Waals surface area contributed by atoms with Crippen LogP contribution in [0.2, 0.25) is 0 Å². The summed E-state index contributed by atoms with van der Waals surface area (Å²) in [5.74, 6) is -0.759. The molecular formula is C21H18FN3O3. The molecule has 28 heavy (non-hydrogen) atoms. The van der Waals surface area contributed by atoms with E-state index in [4.69, 9.17) is 4.74 Å². The number of methoxy groups -OCH3 is 1. The predicted molar refractivity (Wildman–Crippen MR) is 103 cm³/mol. The van der Waals surface area contributed by atoms with Crippen LogP contribution in [0.3, 0.4) is 0 Å². The van der Waals surface area contributed by atoms with Crippen LogP contribution in [-0.4, -0.2) is 23.9 Å². The van der Waals surface area contributed by atoms with E-state index in [1.165, 1.54) is 25.3 Å². The molecule has 0 atom stereocenters. The van der Waals surface area contributed by atoms with Gasteiger partial charge in [0.15, 0.2) is 0 Å². The maximum Gasteiger partial charge on any atom is 0.274 e. The van der Waals surface area contributed by atoms with Crippen LogP contribution in [0.25, 0.3) is 0 Å². The van der Waals surface area contributed by atoms with E-state index < -0.39 is 17.6 Å². The van der Waals surface area contributed by atoms with Crippen LogP contribution in [0.4, 0.5) is 10.1 Å². The van der Waals surface area contributed by atoms with Crippen LogP contribution in [0.5, 0.6) is 5.75 Å². The number of rotatable bonds is 6. The number of hydrogen-bond acceptors (Lipinski definition) is 4. The summed E-state index contributed by atoms with van der Waals surface area (Å²) < 4.78 is 18.8. The molecule has 0 aliphatic heterocycles. The molecule has 1 heterocycles. The highest BCUT2D eigenvalue weighted by Gasteiger charge is 2.13. The fourth-order valence-electron chi connectivity index (χ4n) is 2.49. The van der Waals surface area contributed by atoms with Gasteiger partial charge in [-0.2, -0.15) is 0 Å². The molecule has 0 spiro atoms. The molecule has 0 saturated heterocycles. The summed E-state index contributed by atoms with van der Waals surface area (Å²) in [7, 11) is 1.53. The van der Waals surface area contributed by atoms with Gasteiger partial charge in [-0.15, -0.1) is 0 Å². The van der Waals surface area contributed by atoms with Crippen LogP contribution in [0.1, 0.15) is 26.5 Å². The minimum absolute atomic E-state index is 0.0213. The molecule has 3 aromatic rings. The van der Waals surface area contributed by atoms with Gasteiger partial charge in [0, 0.05) is 23.9 Å². The van der Waals surface area contributed by atoms with Crippen LogP contribution in [0, 0.1) is 5.82 Å². The summed E-state index contributed by atoms with van der Waals surface area (Å²) >= 11 is 0. The van der Waals surface area contributed by atoms with E-state index in [1.54, 1.807) is 48.5 Å². The number of hydrogen-bond donors (Lipinski definition) is 2. The average molecular weight is 379 g/mol. The molecule has 6 nitrogen and oxygen atoms in total. The Bertz CT molecular complexity index is 1010. The number of carbonyl (C=O) groups excluding carboxylic acids is 2. The van der Waals surface area contributed by atoms with Gasteiger partial charge in [0.25, 0.3) is 11.8 Å². The van der Waals surface area contributed by atoms with Gasteiger partial charge >= 0.3 is 0 Å². The van der Waals surface area contributed by atoms with Gasteiger partial charge in [-0.3, -0.25) is 9.59 Å². The van der Waals surface area contributed by atoms with Crippen molar-refractivity contribution in [3.05, 3.63) is 89.5 Å². The van der Waals surface area contributed by atoms with Crippen molar-refractivity contribution in [3.63, 3.8) is 0 Å². The number of nitrogens with one attached hydrogen (secondary N) is 2. The van der Waals surface area contributed by atoms with E-state index in [0.29, 0.717) is 17.0 Å². The molecule has 0 aliphatic rings. The molecule has 0 radical (unpaired) electrons. The van der Waals surface area contributed by atoms with Crippen molar-refractivity contribution in [3.8, 4) is 5.75 Å². The normalized spacial score (nSPS) is 10.2. The number of benzene rings is 2. The van der Waals surface area contributed by atoms with Gasteiger partial charge in [-0.25, -0.2) is 9.37 Å². The Morgan fingerprint density at radius 3 is 2.43 bits per heavy atom. The third-order valence-electron chi connectivity index (χ3n) is 3.94. The van der Waals surface area contributed by atoms with Gasteiger partial charge in [-0.05, 0) is 30.3 Å². The quantitative estimate of drug-likeness (QED) is 0.688. The summed E-state index contributed by atoms with van der Waals surface area (Å²) in [6.45, 7) is 0.0213. The molecule has 2 N–H and O–H groups in total. The number of pyridine rings is 1. The maximum atomic E-state index is 13.6. The zero-order valence-electron chi connectivity index (χ0n) is 15.1. The third-order valence-corrected chi connectivity index (χ3v) is 3.94. The summed E-state index contributed by atoms with van der Waals surface area (Å²) in [6.07, 6.45) is 0. The number of halogens is 1. The molecule has 0 fully saturated rings. The lowest BCUT2D eigenvalue weighted by atomic mass is 10.2. The summed E-state index contributed by atoms with van der Waals surface area (Å²) in [4.78, 5) is 28.8. The minimum Gasteiger partial charge on any atom is -0.497 e. The number of anilines is 1. The second-order valence-corrected chi connectivity index (χ2v) is 5.87. The zero-order chi connectivity index (χ0) is 19.9. The third kappa shape index (κ3) is 4.70. The molecular weight excluding hydrogens is 361 g/mol. The van der Waals surface area contributed by atoms with E-state index in [2.05, 4.69) is 15.6 Å². The first-order valence-electron chi connectivity index (χ1n) is 8.51. The highest BCUT2D eigenvalue weighted by molar-refractivity contribution is 6.03. The Labute approximate surface area is 161 Å². The topological polar surface area (TPSA) is 80.3 Å². The van der Waals surface area contributed by atoms with Crippen LogP contribution in [0.15, 0.2) is 66.7 Å². The molecule has 2 amide bonds. The monoisotopic (exact) mass is 379 g/mol. The van der Waals surface area contributed by atoms with E-state index >= 15 is 0 Å². The first-order valence-corrected chi connectivity index (χ1v) is 8.51. The van der Waals surface area contributed by atoms with Crippen molar-refractivity contribution < 1.29 is 18.7 Å². The molecule has 0 unspecified atom stereocenters. The molecule has 0 saturated carbocycles. The Morgan fingerprint density at radius 1 is 0.964 bits per heavy atom. The summed E-state index contributed by atoms with van der Waals surface area (Å²) in [6, 6.07) is 17.6. The lowest BCUT2D eigenvalue weighted by Crippen LogP contribution is -2.25. The molecule has 142 valence electrons. The van der Waals surface area contributed by atoms with E-state index in [9.17, 15) is 14.0 Å². The smallest absolute Gasteiger partial charge is 0.274 e. The number of ether oxygens (including phenoxy) is 1. The predicted octanol–water partition coefficient (Wildman–Crippen LogP) is 3.41. The lowest BCUT2D eigenvalue weighted by molar-refractivity contribution is 0.0945. The number of amides is 2. The lowest BCUT2D eigenvalue weighted by Gasteiger charge is -2.08. The summed E-state index contributed by atoms with van der Waals surface area (Å²) in [5.41, 5.74) is 1.05. The first kappa shape index (κ1) is 19.0. The van der Waals surface area contributed by atoms with Crippen molar-refractivity contribution in [2.24, 2.45) is 0 Å². The van der Waals surface area contributed by atoms with Crippen molar-refractivity contribution in [2.75, 3.05) is 12.4 Å². The highest BCUT2D eigenvalue weighted by atomic mass is 19.1. The fraction of sp³-hybridized carbons (Fsp3) is 0.0952. The average Bonchev–Trinajstić information content (AvgIpc) is 2.73. The number of carbonyl (C=O) groups is 2. The van der Waals surface area contributed by atoms with Gasteiger partial charge in [0.2, 0.25) is 0 Å². The number of nitrogens with zero attached hydrogens (tertiary/aromatic N) is 1. The minimum atomic E-state index is -0.501. The zero-order valence-corrected chi connectivity index (χ0v) is 15.1. The van der Waals surface area contributed by atoms with Gasteiger partial charge in [0.1, 0.15) is 23.0 Å². The number of aromatic nitrogens is 1. The van der Waals surface area contributed by atoms with E-state index in [-0.39, 0.29) is 17.9 Å². The summed E-state index contributed by atoms with van der Waals surface area (Å²) in [5, 5.41) is 5.30. The van der Waals surface area contributed by atoms with Crippen LogP contribution < -0.4 is 15.4 Å². The van der Waals surface area contributed by atoms with Gasteiger partial charge in [-0.1, -0.05) is 30.3 Å². The Morgan fingerprint density at radius 2 is 1.68 bits per heavy atom. The standard InChI is InChI=1S/C21H18FN3O3/c1-28-16-8-4-7-15(12-16)24-21(27)19-11-5-10-18(25-19)20(26)23-13-14-6-2-3-9-17(14)22/h2-12H,13H2,1H3,(H,23,26)(H,24,27). The van der Waals surface area contributed by atoms with Crippen LogP contribution in [-0.2, 0) is 6.54 Å². The molecule has 1 aromatic heterocycles. The van der Waals surface area contributed by atoms with Crippen LogP contribution >= 0.6 is 0 Å².